The molecule has 0 saturated carbocycles. The summed E-state index contributed by atoms with van der Waals surface area (Å²) >= 11 is -1.22. The molecule has 7 heteroatoms. The van der Waals surface area contributed by atoms with Crippen LogP contribution in [-0.2, 0) is 16.1 Å². The quantitative estimate of drug-likeness (QED) is 0.108. The van der Waals surface area contributed by atoms with Crippen molar-refractivity contribution in [2.45, 2.75) is 63.7 Å². The number of hydrogen-bond acceptors (Lipinski definition) is 4. The van der Waals surface area contributed by atoms with Crippen molar-refractivity contribution in [1.29, 1.82) is 5.41 Å². The van der Waals surface area contributed by atoms with Gasteiger partial charge in [-0.2, -0.15) is 0 Å². The second kappa shape index (κ2) is 9.72. The summed E-state index contributed by atoms with van der Waals surface area (Å²) in [5, 5.41) is 11.0. The molecule has 0 aromatic heterocycles. The predicted octanol–water partition coefficient (Wildman–Crippen LogP) is 2.86. The highest BCUT2D eigenvalue weighted by Gasteiger charge is 2.30. The first kappa shape index (κ1) is 21.7. The van der Waals surface area contributed by atoms with E-state index in [2.05, 4.69) is 36.3 Å². The normalized spacial score (nSPS) is 15.2. The van der Waals surface area contributed by atoms with Crippen LogP contribution in [0.1, 0.15) is 27.2 Å². The van der Waals surface area contributed by atoms with Crippen molar-refractivity contribution in [3.05, 3.63) is 12.7 Å². The van der Waals surface area contributed by atoms with E-state index in [9.17, 15) is 4.55 Å². The lowest BCUT2D eigenvalue weighted by molar-refractivity contribution is 0.140. The second-order valence-electron chi connectivity index (χ2n) is 7.53. The van der Waals surface area contributed by atoms with Crippen LogP contribution in [0.25, 0.3) is 0 Å². The van der Waals surface area contributed by atoms with E-state index in [-0.39, 0.29) is 16.6 Å². The summed E-state index contributed by atoms with van der Waals surface area (Å²) in [7, 11) is -1.08. The summed E-state index contributed by atoms with van der Waals surface area (Å²) < 4.78 is 20.3. The van der Waals surface area contributed by atoms with Gasteiger partial charge in [0.05, 0.1) is 0 Å². The maximum absolute atomic E-state index is 12.2. The summed E-state index contributed by atoms with van der Waals surface area (Å²) in [6.07, 6.45) is 2.27. The van der Waals surface area contributed by atoms with Crippen LogP contribution >= 0.6 is 0 Å². The smallest absolute Gasteiger partial charge is 0.136 e. The molecule has 0 aliphatic carbocycles. The van der Waals surface area contributed by atoms with E-state index in [1.54, 1.807) is 6.08 Å². The first-order chi connectivity index (χ1) is 9.97. The minimum Gasteiger partial charge on any atom is -0.598 e. The minimum atomic E-state index is -1.22. The molecular formula is C15H33N3O2SSi. The van der Waals surface area contributed by atoms with E-state index in [0.29, 0.717) is 19.8 Å². The molecule has 2 atom stereocenters. The maximum atomic E-state index is 12.2. The number of rotatable bonds is 10. The SMILES string of the molecule is C=CC[C@H](N[S@@+]([O-])C(C)(C)C)C(=N)NCOCC[Si](C)(C)C. The molecule has 0 unspecified atom stereocenters. The molecule has 0 spiro atoms. The summed E-state index contributed by atoms with van der Waals surface area (Å²) in [4.78, 5) is 0. The molecule has 0 radical (unpaired) electrons. The maximum Gasteiger partial charge on any atom is 0.136 e. The van der Waals surface area contributed by atoms with E-state index in [4.69, 9.17) is 10.1 Å². The summed E-state index contributed by atoms with van der Waals surface area (Å²) in [5.41, 5.74) is 0. The lowest BCUT2D eigenvalue weighted by atomic mass is 10.2. The summed E-state index contributed by atoms with van der Waals surface area (Å²) in [5.74, 6) is 0.283. The molecule has 0 aromatic carbocycles. The van der Waals surface area contributed by atoms with E-state index < -0.39 is 19.4 Å². The Morgan fingerprint density at radius 3 is 2.45 bits per heavy atom. The van der Waals surface area contributed by atoms with Crippen LogP contribution in [0.5, 0.6) is 0 Å². The van der Waals surface area contributed by atoms with Crippen LogP contribution in [0, 0.1) is 5.41 Å². The lowest BCUT2D eigenvalue weighted by Gasteiger charge is -2.28. The average Bonchev–Trinajstić information content (AvgIpc) is 2.34. The van der Waals surface area contributed by atoms with Crippen LogP contribution in [0.3, 0.4) is 0 Å². The molecule has 0 fully saturated rings. The Balaban J connectivity index is 4.23. The van der Waals surface area contributed by atoms with Crippen molar-refractivity contribution < 1.29 is 9.29 Å². The fourth-order valence-corrected chi connectivity index (χ4v) is 2.98. The van der Waals surface area contributed by atoms with E-state index in [0.717, 1.165) is 6.04 Å². The highest BCUT2D eigenvalue weighted by Crippen LogP contribution is 2.14. The van der Waals surface area contributed by atoms with Gasteiger partial charge in [0.1, 0.15) is 23.4 Å². The molecule has 0 aliphatic rings. The molecule has 3 N–H and O–H groups in total. The van der Waals surface area contributed by atoms with Crippen LogP contribution in [-0.4, -0.2) is 42.6 Å². The molecule has 0 amide bonds. The van der Waals surface area contributed by atoms with Gasteiger partial charge in [-0.1, -0.05) is 25.7 Å². The first-order valence-corrected chi connectivity index (χ1v) is 12.5. The average molecular weight is 348 g/mol. The molecule has 0 rings (SSSR count). The van der Waals surface area contributed by atoms with Crippen LogP contribution in [0.2, 0.25) is 25.7 Å². The summed E-state index contributed by atoms with van der Waals surface area (Å²) in [6.45, 7) is 17.3. The van der Waals surface area contributed by atoms with Crippen LogP contribution < -0.4 is 10.0 Å². The fourth-order valence-electron chi connectivity index (χ4n) is 1.40. The summed E-state index contributed by atoms with van der Waals surface area (Å²) in [6, 6.07) is 0.767. The Bertz CT molecular complexity index is 354. The molecule has 22 heavy (non-hydrogen) atoms. The molecule has 0 aliphatic heterocycles. The monoisotopic (exact) mass is 347 g/mol. The zero-order valence-electron chi connectivity index (χ0n) is 14.9. The largest absolute Gasteiger partial charge is 0.598 e. The molecule has 5 nitrogen and oxygen atoms in total. The number of ether oxygens (including phenoxy) is 1. The van der Waals surface area contributed by atoms with Crippen molar-refractivity contribution in [3.8, 4) is 0 Å². The Hall–Kier alpha value is -0.343. The second-order valence-corrected chi connectivity index (χ2v) is 15.1. The highest BCUT2D eigenvalue weighted by molar-refractivity contribution is 7.90. The van der Waals surface area contributed by atoms with Crippen molar-refractivity contribution in [2.24, 2.45) is 0 Å². The van der Waals surface area contributed by atoms with E-state index in [1.165, 1.54) is 0 Å². The third-order valence-electron chi connectivity index (χ3n) is 2.92. The zero-order chi connectivity index (χ0) is 17.4. The number of nitrogens with one attached hydrogen (secondary N) is 3. The molecule has 0 bridgehead atoms. The van der Waals surface area contributed by atoms with Crippen molar-refractivity contribution in [1.82, 2.24) is 10.0 Å². The Morgan fingerprint density at radius 2 is 2.00 bits per heavy atom. The minimum absolute atomic E-state index is 0.283. The fraction of sp³-hybridized carbons (Fsp3) is 0.800. The van der Waals surface area contributed by atoms with Gasteiger partial charge < -0.3 is 14.6 Å². The molecule has 0 aromatic rings. The molecular weight excluding hydrogens is 314 g/mol. The van der Waals surface area contributed by atoms with Gasteiger partial charge in [0.25, 0.3) is 0 Å². The third-order valence-corrected chi connectivity index (χ3v) is 6.23. The topological polar surface area (TPSA) is 80.2 Å². The van der Waals surface area contributed by atoms with Gasteiger partial charge in [-0.3, -0.25) is 5.41 Å². The first-order valence-electron chi connectivity index (χ1n) is 7.66. The predicted molar refractivity (Wildman–Crippen MR) is 99.5 cm³/mol. The van der Waals surface area contributed by atoms with Gasteiger partial charge in [-0.15, -0.1) is 11.3 Å². The van der Waals surface area contributed by atoms with Crippen LogP contribution in [0.4, 0.5) is 0 Å². The lowest BCUT2D eigenvalue weighted by Crippen LogP contribution is -2.51. The van der Waals surface area contributed by atoms with Crippen molar-refractivity contribution in [3.63, 3.8) is 0 Å². The van der Waals surface area contributed by atoms with Crippen LogP contribution in [0.15, 0.2) is 12.7 Å². The van der Waals surface area contributed by atoms with Gasteiger partial charge in [-0.25, -0.2) is 0 Å². The highest BCUT2D eigenvalue weighted by atomic mass is 32.2. The Morgan fingerprint density at radius 1 is 1.41 bits per heavy atom. The number of hydrogen-bond donors (Lipinski definition) is 3. The molecule has 0 saturated heterocycles. The van der Waals surface area contributed by atoms with Gasteiger partial charge in [0, 0.05) is 26.0 Å². The Labute approximate surface area is 140 Å². The van der Waals surface area contributed by atoms with Gasteiger partial charge in [0.2, 0.25) is 0 Å². The molecule has 130 valence electrons. The molecule has 0 heterocycles. The number of amidine groups is 1. The standard InChI is InChI=1S/C15H33N3O2SSi/c1-8-9-13(18-21(19)15(2,3)4)14(16)17-12-20-10-11-22(5,6)7/h8,13,18H,1,9-12H2,2-7H3,(H2,16,17)/t13-,21-/m0/s1. The van der Waals surface area contributed by atoms with Gasteiger partial charge in [0.15, 0.2) is 0 Å². The van der Waals surface area contributed by atoms with Crippen molar-refractivity contribution in [2.75, 3.05) is 13.3 Å². The van der Waals surface area contributed by atoms with E-state index >= 15 is 0 Å². The van der Waals surface area contributed by atoms with E-state index in [1.807, 2.05) is 20.8 Å². The van der Waals surface area contributed by atoms with Crippen molar-refractivity contribution >= 4 is 25.3 Å². The third kappa shape index (κ3) is 10.4. The van der Waals surface area contributed by atoms with Gasteiger partial charge >= 0.3 is 0 Å². The van der Waals surface area contributed by atoms with Gasteiger partial charge in [-0.05, 0) is 33.2 Å². The zero-order valence-corrected chi connectivity index (χ0v) is 16.7. The Kier molecular flexibility index (Phi) is 9.57.